The van der Waals surface area contributed by atoms with Crippen molar-refractivity contribution in [2.45, 2.75) is 0 Å². The Bertz CT molecular complexity index is 2830. The zero-order valence-corrected chi connectivity index (χ0v) is 28.2. The molecular weight excluding hydrogens is 641 g/mol. The molecule has 238 valence electrons. The van der Waals surface area contributed by atoms with Crippen LogP contribution in [-0.2, 0) is 0 Å². The molecule has 0 spiro atoms. The molecule has 0 bridgehead atoms. The molecule has 5 heteroatoms. The Hall–Kier alpha value is -6.56. The van der Waals surface area contributed by atoms with Gasteiger partial charge in [0.25, 0.3) is 0 Å². The predicted molar refractivity (Wildman–Crippen MR) is 213 cm³/mol. The van der Waals surface area contributed by atoms with Gasteiger partial charge in [0.05, 0.1) is 22.6 Å². The summed E-state index contributed by atoms with van der Waals surface area (Å²) < 4.78 is 2.57. The molecule has 4 aromatic heterocycles. The van der Waals surface area contributed by atoms with Gasteiger partial charge in [-0.3, -0.25) is 4.98 Å². The van der Waals surface area contributed by atoms with E-state index in [-0.39, 0.29) is 0 Å². The second-order valence-electron chi connectivity index (χ2n) is 12.7. The Morgan fingerprint density at radius 2 is 1.02 bits per heavy atom. The molecule has 0 aliphatic heterocycles. The van der Waals surface area contributed by atoms with Gasteiger partial charge < -0.3 is 0 Å². The minimum Gasteiger partial charge on any atom is -0.265 e. The summed E-state index contributed by atoms with van der Waals surface area (Å²) in [7, 11) is 0. The number of thiophene rings is 1. The lowest BCUT2D eigenvalue weighted by Gasteiger charge is -2.13. The zero-order chi connectivity index (χ0) is 33.7. The summed E-state index contributed by atoms with van der Waals surface area (Å²) in [6, 6.07) is 55.2. The monoisotopic (exact) mass is 668 g/mol. The molecule has 0 aliphatic rings. The summed E-state index contributed by atoms with van der Waals surface area (Å²) in [5.41, 5.74) is 10.2. The van der Waals surface area contributed by atoms with E-state index in [0.717, 1.165) is 66.8 Å². The van der Waals surface area contributed by atoms with Crippen molar-refractivity contribution in [1.29, 1.82) is 0 Å². The van der Waals surface area contributed by atoms with Gasteiger partial charge in [0.2, 0.25) is 0 Å². The first-order valence-electron chi connectivity index (χ1n) is 17.0. The molecule has 51 heavy (non-hydrogen) atoms. The van der Waals surface area contributed by atoms with E-state index in [0.29, 0.717) is 5.82 Å². The van der Waals surface area contributed by atoms with Crippen LogP contribution in [0.25, 0.3) is 98.1 Å². The van der Waals surface area contributed by atoms with Crippen LogP contribution >= 0.6 is 11.3 Å². The van der Waals surface area contributed by atoms with E-state index >= 15 is 0 Å². The van der Waals surface area contributed by atoms with Crippen LogP contribution < -0.4 is 0 Å². The van der Waals surface area contributed by atoms with E-state index in [1.54, 1.807) is 0 Å². The fraction of sp³-hybridized carbons (Fsp3) is 0. The quantitative estimate of drug-likeness (QED) is 0.171. The van der Waals surface area contributed by atoms with Crippen LogP contribution in [0.15, 0.2) is 170 Å². The predicted octanol–water partition coefficient (Wildman–Crippen LogP) is 12.3. The third-order valence-corrected chi connectivity index (χ3v) is 10.7. The van der Waals surface area contributed by atoms with Gasteiger partial charge in [0, 0.05) is 71.0 Å². The number of fused-ring (bicyclic) bond motifs is 7. The van der Waals surface area contributed by atoms with E-state index in [2.05, 4.69) is 114 Å². The van der Waals surface area contributed by atoms with Gasteiger partial charge in [-0.15, -0.1) is 11.3 Å². The highest BCUT2D eigenvalue weighted by molar-refractivity contribution is 7.26. The summed E-state index contributed by atoms with van der Waals surface area (Å²) in [6.45, 7) is 0. The number of hydrogen-bond donors (Lipinski definition) is 0. The molecule has 4 heterocycles. The van der Waals surface area contributed by atoms with Gasteiger partial charge >= 0.3 is 0 Å². The molecule has 6 aromatic carbocycles. The molecule has 0 aliphatic carbocycles. The molecule has 0 saturated carbocycles. The summed E-state index contributed by atoms with van der Waals surface area (Å²) in [6.07, 6.45) is 3.68. The Labute approximate surface area is 298 Å². The van der Waals surface area contributed by atoms with Gasteiger partial charge in [-0.25, -0.2) is 15.0 Å². The van der Waals surface area contributed by atoms with Gasteiger partial charge in [-0.2, -0.15) is 0 Å². The summed E-state index contributed by atoms with van der Waals surface area (Å²) in [5.74, 6) is 0.711. The largest absolute Gasteiger partial charge is 0.265 e. The molecule has 0 amide bonds. The molecule has 10 aromatic rings. The Morgan fingerprint density at radius 3 is 1.78 bits per heavy atom. The molecule has 0 atom stereocenters. The van der Waals surface area contributed by atoms with Crippen molar-refractivity contribution in [2.24, 2.45) is 0 Å². The van der Waals surface area contributed by atoms with Crippen LogP contribution in [0.5, 0.6) is 0 Å². The SMILES string of the molecule is c1ccc(-c2cc(-c3ccc(-c4ccc5nc(-c6ccncc6)c6ccc7sc8ccccc8c7c6c5c4)cc3)nc(-c3ccccc3)n2)cc1. The average Bonchev–Trinajstić information content (AvgIpc) is 3.60. The second-order valence-corrected chi connectivity index (χ2v) is 13.7. The van der Waals surface area contributed by atoms with Gasteiger partial charge in [0.1, 0.15) is 0 Å². The lowest BCUT2D eigenvalue weighted by molar-refractivity contribution is 1.18. The van der Waals surface area contributed by atoms with E-state index in [1.807, 2.05) is 72.3 Å². The zero-order valence-electron chi connectivity index (χ0n) is 27.4. The van der Waals surface area contributed by atoms with Gasteiger partial charge in [-0.1, -0.05) is 115 Å². The molecular formula is C46H28N4S. The second kappa shape index (κ2) is 12.1. The fourth-order valence-corrected chi connectivity index (χ4v) is 8.23. The summed E-state index contributed by atoms with van der Waals surface area (Å²) in [4.78, 5) is 19.5. The molecule has 0 unspecified atom stereocenters. The maximum atomic E-state index is 5.26. The molecule has 0 N–H and O–H groups in total. The maximum Gasteiger partial charge on any atom is 0.160 e. The fourth-order valence-electron chi connectivity index (χ4n) is 7.12. The minimum atomic E-state index is 0.711. The number of aromatic nitrogens is 4. The molecule has 0 saturated heterocycles. The average molecular weight is 669 g/mol. The van der Waals surface area contributed by atoms with Crippen molar-refractivity contribution >= 4 is 53.2 Å². The normalized spacial score (nSPS) is 11.5. The lowest BCUT2D eigenvalue weighted by Crippen LogP contribution is -1.95. The van der Waals surface area contributed by atoms with E-state index in [4.69, 9.17) is 15.0 Å². The van der Waals surface area contributed by atoms with Crippen LogP contribution in [0.3, 0.4) is 0 Å². The lowest BCUT2D eigenvalue weighted by atomic mass is 9.94. The van der Waals surface area contributed by atoms with Crippen LogP contribution in [0.1, 0.15) is 0 Å². The highest BCUT2D eigenvalue weighted by atomic mass is 32.1. The number of pyridine rings is 2. The minimum absolute atomic E-state index is 0.711. The molecule has 4 nitrogen and oxygen atoms in total. The van der Waals surface area contributed by atoms with Crippen molar-refractivity contribution in [2.75, 3.05) is 0 Å². The van der Waals surface area contributed by atoms with Crippen LogP contribution in [0.2, 0.25) is 0 Å². The summed E-state index contributed by atoms with van der Waals surface area (Å²) in [5, 5.41) is 6.10. The van der Waals surface area contributed by atoms with Crippen molar-refractivity contribution in [3.63, 3.8) is 0 Å². The summed E-state index contributed by atoms with van der Waals surface area (Å²) >= 11 is 1.84. The Morgan fingerprint density at radius 1 is 0.373 bits per heavy atom. The van der Waals surface area contributed by atoms with E-state index < -0.39 is 0 Å². The third kappa shape index (κ3) is 5.14. The number of nitrogens with zero attached hydrogens (tertiary/aromatic N) is 4. The first-order chi connectivity index (χ1) is 25.3. The van der Waals surface area contributed by atoms with Gasteiger partial charge in [-0.05, 0) is 53.6 Å². The molecule has 0 radical (unpaired) electrons. The first kappa shape index (κ1) is 29.4. The molecule has 0 fully saturated rings. The third-order valence-electron chi connectivity index (χ3n) is 9.59. The maximum absolute atomic E-state index is 5.26. The Balaban J connectivity index is 1.13. The van der Waals surface area contributed by atoms with Crippen LogP contribution in [0, 0.1) is 0 Å². The first-order valence-corrected chi connectivity index (χ1v) is 17.8. The molecule has 10 rings (SSSR count). The topological polar surface area (TPSA) is 51.6 Å². The highest BCUT2D eigenvalue weighted by Gasteiger charge is 2.17. The van der Waals surface area contributed by atoms with E-state index in [9.17, 15) is 0 Å². The number of rotatable bonds is 5. The number of hydrogen-bond acceptors (Lipinski definition) is 5. The van der Waals surface area contributed by atoms with Crippen molar-refractivity contribution < 1.29 is 0 Å². The van der Waals surface area contributed by atoms with Gasteiger partial charge in [0.15, 0.2) is 5.82 Å². The van der Waals surface area contributed by atoms with Crippen LogP contribution in [0.4, 0.5) is 0 Å². The Kier molecular flexibility index (Phi) is 6.96. The van der Waals surface area contributed by atoms with Crippen molar-refractivity contribution in [3.8, 4) is 56.3 Å². The smallest absolute Gasteiger partial charge is 0.160 e. The number of benzene rings is 6. The van der Waals surface area contributed by atoms with E-state index in [1.165, 1.54) is 25.6 Å². The highest BCUT2D eigenvalue weighted by Crippen LogP contribution is 2.44. The van der Waals surface area contributed by atoms with Crippen LogP contribution in [-0.4, -0.2) is 19.9 Å². The standard InChI is InChI=1S/C46H28N4S/c1-3-9-30(10-4-1)39-28-40(50-46(49-39)33-11-5-2-6-12-33)31-17-15-29(16-18-31)34-19-21-38-37(27-34)43-36(45(48-38)32-23-25-47-26-24-32)20-22-42-44(43)35-13-7-8-14-41(35)51-42/h1-28H. The van der Waals surface area contributed by atoms with Crippen molar-refractivity contribution in [1.82, 2.24) is 19.9 Å². The van der Waals surface area contributed by atoms with Crippen molar-refractivity contribution in [3.05, 3.63) is 170 Å².